The number of likely N-dealkylation sites (tertiary alicyclic amines) is 1. The van der Waals surface area contributed by atoms with Crippen LogP contribution in [0.5, 0.6) is 5.75 Å². The van der Waals surface area contributed by atoms with E-state index in [-0.39, 0.29) is 11.6 Å². The van der Waals surface area contributed by atoms with Crippen LogP contribution < -0.4 is 9.50 Å². The number of hydrogen-bond acceptors (Lipinski definition) is 5. The third kappa shape index (κ3) is 4.21. The van der Waals surface area contributed by atoms with Gasteiger partial charge in [0, 0.05) is 13.5 Å². The highest BCUT2D eigenvalue weighted by atomic mass is 32.2. The van der Waals surface area contributed by atoms with Gasteiger partial charge in [0.2, 0.25) is 11.8 Å². The van der Waals surface area contributed by atoms with Crippen molar-refractivity contribution in [3.05, 3.63) is 24.3 Å². The number of nitrogens with one attached hydrogen (secondary N) is 1. The fraction of sp³-hybridized carbons (Fsp3) is 0.429. The van der Waals surface area contributed by atoms with E-state index in [0.717, 1.165) is 6.07 Å². The molecule has 0 aliphatic carbocycles. The fourth-order valence-electron chi connectivity index (χ4n) is 2.44. The summed E-state index contributed by atoms with van der Waals surface area (Å²) in [5.41, 5.74) is -5.84. The van der Waals surface area contributed by atoms with E-state index in [1.165, 1.54) is 30.0 Å². The first-order valence-electron chi connectivity index (χ1n) is 7.21. The van der Waals surface area contributed by atoms with E-state index in [2.05, 4.69) is 9.50 Å². The Morgan fingerprint density at radius 2 is 1.92 bits per heavy atom. The largest absolute Gasteiger partial charge is 0.534 e. The second-order valence-corrected chi connectivity index (χ2v) is 6.88. The minimum Gasteiger partial charge on any atom is -0.374 e. The van der Waals surface area contributed by atoms with Gasteiger partial charge in [0.05, 0.1) is 5.69 Å². The molecule has 7 nitrogen and oxygen atoms in total. The number of anilines is 1. The zero-order valence-electron chi connectivity index (χ0n) is 13.0. The maximum absolute atomic E-state index is 12.5. The van der Waals surface area contributed by atoms with Crippen molar-refractivity contribution in [3.8, 4) is 5.75 Å². The Hall–Kier alpha value is -2.30. The Labute approximate surface area is 141 Å². The van der Waals surface area contributed by atoms with Crippen molar-refractivity contribution in [2.45, 2.75) is 31.3 Å². The van der Waals surface area contributed by atoms with Gasteiger partial charge in [-0.1, -0.05) is 12.1 Å². The molecule has 1 fully saturated rings. The zero-order valence-corrected chi connectivity index (χ0v) is 13.9. The number of amides is 2. The number of benzene rings is 1. The Bertz CT molecular complexity index is 779. The molecule has 0 unspecified atom stereocenters. The van der Waals surface area contributed by atoms with Crippen molar-refractivity contribution in [2.24, 2.45) is 0 Å². The summed E-state index contributed by atoms with van der Waals surface area (Å²) in [5, 5.41) is 2.32. The summed E-state index contributed by atoms with van der Waals surface area (Å²) in [6.45, 7) is 1.70. The lowest BCUT2D eigenvalue weighted by Gasteiger charge is -2.23. The summed E-state index contributed by atoms with van der Waals surface area (Å²) in [6, 6.07) is 4.06. The van der Waals surface area contributed by atoms with Crippen LogP contribution in [0.4, 0.5) is 18.9 Å². The lowest BCUT2D eigenvalue weighted by Crippen LogP contribution is -2.42. The van der Waals surface area contributed by atoms with Crippen LogP contribution in [0.25, 0.3) is 0 Å². The summed E-state index contributed by atoms with van der Waals surface area (Å²) in [4.78, 5) is 25.1. The Kier molecular flexibility index (Phi) is 5.26. The number of rotatable bonds is 4. The smallest absolute Gasteiger partial charge is 0.374 e. The van der Waals surface area contributed by atoms with Crippen LogP contribution in [0.1, 0.15) is 19.8 Å². The van der Waals surface area contributed by atoms with Gasteiger partial charge in [0.1, 0.15) is 6.04 Å². The van der Waals surface area contributed by atoms with E-state index >= 15 is 0 Å². The molecule has 138 valence electrons. The molecule has 1 aromatic rings. The molecule has 11 heteroatoms. The number of hydrogen-bond donors (Lipinski definition) is 1. The molecule has 0 radical (unpaired) electrons. The quantitative estimate of drug-likeness (QED) is 0.636. The molecule has 1 aliphatic heterocycles. The van der Waals surface area contributed by atoms with Crippen molar-refractivity contribution in [1.82, 2.24) is 4.90 Å². The van der Waals surface area contributed by atoms with Crippen molar-refractivity contribution in [3.63, 3.8) is 0 Å². The van der Waals surface area contributed by atoms with Gasteiger partial charge in [-0.05, 0) is 25.0 Å². The van der Waals surface area contributed by atoms with Crippen molar-refractivity contribution in [2.75, 3.05) is 11.9 Å². The van der Waals surface area contributed by atoms with Crippen LogP contribution in [0.15, 0.2) is 24.3 Å². The highest BCUT2D eigenvalue weighted by molar-refractivity contribution is 7.88. The standard InChI is InChI=1S/C14H15F3N2O5S/c1-9(20)19-8-4-6-11(19)13(21)18-10-5-2-3-7-12(10)24-25(22,23)14(15,16)17/h2-3,5,7,11H,4,6,8H2,1H3,(H,18,21)/t11-/m0/s1. The number of para-hydroxylation sites is 2. The van der Waals surface area contributed by atoms with Crippen molar-refractivity contribution < 1.29 is 35.4 Å². The van der Waals surface area contributed by atoms with Gasteiger partial charge in [-0.15, -0.1) is 0 Å². The van der Waals surface area contributed by atoms with E-state index in [1.807, 2.05) is 0 Å². The molecule has 2 rings (SSSR count). The summed E-state index contributed by atoms with van der Waals surface area (Å²) in [6.07, 6.45) is 1.01. The van der Waals surface area contributed by atoms with Crippen LogP contribution >= 0.6 is 0 Å². The molecule has 1 N–H and O–H groups in total. The van der Waals surface area contributed by atoms with E-state index < -0.39 is 33.3 Å². The van der Waals surface area contributed by atoms with E-state index in [0.29, 0.717) is 19.4 Å². The van der Waals surface area contributed by atoms with Crippen LogP contribution in [0, 0.1) is 0 Å². The highest BCUT2D eigenvalue weighted by Gasteiger charge is 2.48. The molecular formula is C14H15F3N2O5S. The second kappa shape index (κ2) is 6.90. The van der Waals surface area contributed by atoms with Crippen LogP contribution in [0.3, 0.4) is 0 Å². The first-order valence-corrected chi connectivity index (χ1v) is 8.61. The summed E-state index contributed by atoms with van der Waals surface area (Å²) >= 11 is 0. The molecule has 2 amide bonds. The van der Waals surface area contributed by atoms with E-state index in [1.54, 1.807) is 0 Å². The number of alkyl halides is 3. The molecule has 0 saturated carbocycles. The normalized spacial score (nSPS) is 18.1. The average molecular weight is 380 g/mol. The van der Waals surface area contributed by atoms with Crippen LogP contribution in [0.2, 0.25) is 0 Å². The lowest BCUT2D eigenvalue weighted by molar-refractivity contribution is -0.134. The molecule has 0 aromatic heterocycles. The first-order chi connectivity index (χ1) is 11.5. The summed E-state index contributed by atoms with van der Waals surface area (Å²) in [7, 11) is -5.87. The van der Waals surface area contributed by atoms with Gasteiger partial charge >= 0.3 is 15.6 Å². The third-order valence-electron chi connectivity index (χ3n) is 3.59. The molecule has 0 spiro atoms. The lowest BCUT2D eigenvalue weighted by atomic mass is 10.2. The maximum atomic E-state index is 12.5. The topological polar surface area (TPSA) is 92.8 Å². The predicted molar refractivity (Wildman–Crippen MR) is 81.1 cm³/mol. The SMILES string of the molecule is CC(=O)N1CCC[C@H]1C(=O)Nc1ccccc1OS(=O)(=O)C(F)(F)F. The third-order valence-corrected chi connectivity index (χ3v) is 4.55. The minimum atomic E-state index is -5.87. The molecule has 1 atom stereocenters. The van der Waals surface area contributed by atoms with Gasteiger partial charge in [-0.25, -0.2) is 0 Å². The van der Waals surface area contributed by atoms with Crippen molar-refractivity contribution >= 4 is 27.6 Å². The summed E-state index contributed by atoms with van der Waals surface area (Å²) in [5.74, 6) is -1.60. The average Bonchev–Trinajstić information content (AvgIpc) is 2.97. The van der Waals surface area contributed by atoms with Crippen molar-refractivity contribution in [1.29, 1.82) is 0 Å². The Morgan fingerprint density at radius 1 is 1.28 bits per heavy atom. The molecule has 1 aliphatic rings. The number of carbonyl (C=O) groups is 2. The predicted octanol–water partition coefficient (Wildman–Crippen LogP) is 1.86. The molecule has 0 bridgehead atoms. The fourth-order valence-corrected chi connectivity index (χ4v) is 2.92. The first kappa shape index (κ1) is 19.0. The Balaban J connectivity index is 2.21. The van der Waals surface area contributed by atoms with Crippen LogP contribution in [-0.4, -0.2) is 43.2 Å². The molecule has 1 saturated heterocycles. The summed E-state index contributed by atoms with van der Waals surface area (Å²) < 4.78 is 63.7. The zero-order chi connectivity index (χ0) is 18.8. The number of halogens is 3. The van der Waals surface area contributed by atoms with E-state index in [9.17, 15) is 31.2 Å². The highest BCUT2D eigenvalue weighted by Crippen LogP contribution is 2.32. The van der Waals surface area contributed by atoms with Gasteiger partial charge in [-0.3, -0.25) is 9.59 Å². The molecule has 25 heavy (non-hydrogen) atoms. The molecule has 1 heterocycles. The maximum Gasteiger partial charge on any atom is 0.534 e. The van der Waals surface area contributed by atoms with Gasteiger partial charge in [-0.2, -0.15) is 21.6 Å². The van der Waals surface area contributed by atoms with Gasteiger partial charge in [0.25, 0.3) is 0 Å². The van der Waals surface area contributed by atoms with E-state index in [4.69, 9.17) is 0 Å². The minimum absolute atomic E-state index is 0.240. The van der Waals surface area contributed by atoms with Gasteiger partial charge < -0.3 is 14.4 Å². The Morgan fingerprint density at radius 3 is 2.52 bits per heavy atom. The molecular weight excluding hydrogens is 365 g/mol. The molecule has 1 aromatic carbocycles. The number of carbonyl (C=O) groups excluding carboxylic acids is 2. The van der Waals surface area contributed by atoms with Crippen LogP contribution in [-0.2, 0) is 19.7 Å². The number of nitrogens with zero attached hydrogens (tertiary/aromatic N) is 1. The van der Waals surface area contributed by atoms with Gasteiger partial charge in [0.15, 0.2) is 5.75 Å². The monoisotopic (exact) mass is 380 g/mol. The second-order valence-electron chi connectivity index (χ2n) is 5.34.